The van der Waals surface area contributed by atoms with Gasteiger partial charge in [-0.1, -0.05) is 26.8 Å². The van der Waals surface area contributed by atoms with Gasteiger partial charge in [0.15, 0.2) is 11.5 Å². The third kappa shape index (κ3) is 4.56. The topological polar surface area (TPSA) is 85.3 Å². The zero-order valence-electron chi connectivity index (χ0n) is 12.2. The quantitative estimate of drug-likeness (QED) is 0.892. The van der Waals surface area contributed by atoms with Crippen molar-refractivity contribution in [2.45, 2.75) is 33.4 Å². The second-order valence-electron chi connectivity index (χ2n) is 5.61. The summed E-state index contributed by atoms with van der Waals surface area (Å²) in [5.74, 6) is 0.505. The highest BCUT2D eigenvalue weighted by Crippen LogP contribution is 2.17. The first-order valence-electron chi connectivity index (χ1n) is 6.21. The van der Waals surface area contributed by atoms with Crippen molar-refractivity contribution in [2.75, 3.05) is 0 Å². The number of halogens is 2. The molecule has 0 saturated heterocycles. The molecule has 2 rings (SSSR count). The Balaban J connectivity index is 0.00000200. The number of hydrogen-bond donors (Lipinski definition) is 2. The van der Waals surface area contributed by atoms with Gasteiger partial charge in [0.2, 0.25) is 5.91 Å². The molecule has 6 nitrogen and oxygen atoms in total. The lowest BCUT2D eigenvalue weighted by molar-refractivity contribution is -0.124. The molecule has 8 heteroatoms. The van der Waals surface area contributed by atoms with E-state index in [1.165, 1.54) is 0 Å². The van der Waals surface area contributed by atoms with Crippen LogP contribution >= 0.6 is 24.8 Å². The molecule has 1 amide bonds. The Morgan fingerprint density at radius 3 is 2.62 bits per heavy atom. The van der Waals surface area contributed by atoms with E-state index in [0.29, 0.717) is 12.4 Å². The van der Waals surface area contributed by atoms with E-state index in [1.54, 1.807) is 0 Å². The SMILES string of the molecule is CC(C)(C)[C@H](N)C(=O)NCc1nnc2ccccn12.Cl.Cl. The van der Waals surface area contributed by atoms with Crippen LogP contribution in [-0.4, -0.2) is 26.5 Å². The summed E-state index contributed by atoms with van der Waals surface area (Å²) in [6.45, 7) is 6.12. The van der Waals surface area contributed by atoms with Crippen LogP contribution in [0.3, 0.4) is 0 Å². The predicted molar refractivity (Wildman–Crippen MR) is 86.8 cm³/mol. The molecule has 1 atom stereocenters. The van der Waals surface area contributed by atoms with Gasteiger partial charge in [0.05, 0.1) is 12.6 Å². The summed E-state index contributed by atoms with van der Waals surface area (Å²) in [6.07, 6.45) is 1.86. The Morgan fingerprint density at radius 2 is 2.00 bits per heavy atom. The van der Waals surface area contributed by atoms with Crippen LogP contribution in [0.4, 0.5) is 0 Å². The summed E-state index contributed by atoms with van der Waals surface area (Å²) in [5, 5.41) is 10.9. The van der Waals surface area contributed by atoms with Gasteiger partial charge in [-0.3, -0.25) is 9.20 Å². The summed E-state index contributed by atoms with van der Waals surface area (Å²) >= 11 is 0. The molecule has 118 valence electrons. The molecule has 0 fully saturated rings. The van der Waals surface area contributed by atoms with E-state index in [9.17, 15) is 4.79 Å². The van der Waals surface area contributed by atoms with Crippen LogP contribution in [-0.2, 0) is 11.3 Å². The number of fused-ring (bicyclic) bond motifs is 1. The molecule has 0 unspecified atom stereocenters. The minimum atomic E-state index is -0.549. The molecule has 0 aliphatic heterocycles. The number of carbonyl (C=O) groups is 1. The van der Waals surface area contributed by atoms with Gasteiger partial charge in [-0.15, -0.1) is 35.0 Å². The van der Waals surface area contributed by atoms with Gasteiger partial charge >= 0.3 is 0 Å². The lowest BCUT2D eigenvalue weighted by Gasteiger charge is -2.25. The predicted octanol–water partition coefficient (Wildman–Crippen LogP) is 1.56. The van der Waals surface area contributed by atoms with Crippen molar-refractivity contribution in [3.05, 3.63) is 30.2 Å². The zero-order valence-corrected chi connectivity index (χ0v) is 13.9. The molecule has 0 radical (unpaired) electrons. The average Bonchev–Trinajstić information content (AvgIpc) is 2.77. The molecule has 0 aliphatic rings. The molecular formula is C13H21Cl2N5O. The maximum absolute atomic E-state index is 11.9. The van der Waals surface area contributed by atoms with Crippen LogP contribution in [0.2, 0.25) is 0 Å². The van der Waals surface area contributed by atoms with Gasteiger partial charge in [0.1, 0.15) is 0 Å². The highest BCUT2D eigenvalue weighted by Gasteiger charge is 2.27. The van der Waals surface area contributed by atoms with E-state index in [2.05, 4.69) is 15.5 Å². The fraction of sp³-hybridized carbons (Fsp3) is 0.462. The summed E-state index contributed by atoms with van der Waals surface area (Å²) in [7, 11) is 0. The van der Waals surface area contributed by atoms with Crippen molar-refractivity contribution < 1.29 is 4.79 Å². The van der Waals surface area contributed by atoms with Crippen LogP contribution < -0.4 is 11.1 Å². The van der Waals surface area contributed by atoms with E-state index in [4.69, 9.17) is 5.73 Å². The summed E-state index contributed by atoms with van der Waals surface area (Å²) in [5.41, 5.74) is 6.38. The van der Waals surface area contributed by atoms with Crippen LogP contribution in [0.5, 0.6) is 0 Å². The van der Waals surface area contributed by atoms with E-state index >= 15 is 0 Å². The fourth-order valence-corrected chi connectivity index (χ4v) is 1.68. The number of carbonyl (C=O) groups excluding carboxylic acids is 1. The van der Waals surface area contributed by atoms with Crippen molar-refractivity contribution in [2.24, 2.45) is 11.1 Å². The lowest BCUT2D eigenvalue weighted by Crippen LogP contribution is -2.48. The van der Waals surface area contributed by atoms with Crippen molar-refractivity contribution in [3.63, 3.8) is 0 Å². The van der Waals surface area contributed by atoms with E-state index in [-0.39, 0.29) is 36.1 Å². The number of amides is 1. The van der Waals surface area contributed by atoms with Crippen molar-refractivity contribution in [3.8, 4) is 0 Å². The normalized spacial score (nSPS) is 12.2. The number of nitrogens with one attached hydrogen (secondary N) is 1. The Hall–Kier alpha value is -1.37. The second-order valence-corrected chi connectivity index (χ2v) is 5.61. The summed E-state index contributed by atoms with van der Waals surface area (Å²) in [4.78, 5) is 11.9. The Kier molecular flexibility index (Phi) is 7.09. The highest BCUT2D eigenvalue weighted by atomic mass is 35.5. The first kappa shape index (κ1) is 19.6. The van der Waals surface area contributed by atoms with Crippen molar-refractivity contribution in [1.82, 2.24) is 19.9 Å². The number of hydrogen-bond acceptors (Lipinski definition) is 4. The molecule has 2 heterocycles. The van der Waals surface area contributed by atoms with E-state index < -0.39 is 6.04 Å². The molecule has 0 aliphatic carbocycles. The monoisotopic (exact) mass is 333 g/mol. The Bertz CT molecular complexity index is 594. The maximum atomic E-state index is 11.9. The van der Waals surface area contributed by atoms with Crippen LogP contribution in [0, 0.1) is 5.41 Å². The number of aromatic nitrogens is 3. The van der Waals surface area contributed by atoms with Gasteiger partial charge < -0.3 is 11.1 Å². The summed E-state index contributed by atoms with van der Waals surface area (Å²) in [6, 6.07) is 5.09. The van der Waals surface area contributed by atoms with Crippen LogP contribution in [0.1, 0.15) is 26.6 Å². The molecular weight excluding hydrogens is 313 g/mol. The first-order chi connectivity index (χ1) is 8.89. The number of nitrogens with zero attached hydrogens (tertiary/aromatic N) is 3. The minimum absolute atomic E-state index is 0. The second kappa shape index (κ2) is 7.59. The number of pyridine rings is 1. The number of nitrogens with two attached hydrogens (primary N) is 1. The lowest BCUT2D eigenvalue weighted by atomic mass is 9.87. The standard InChI is InChI=1S/C13H19N5O.2ClH/c1-13(2,3)11(14)12(19)15-8-10-17-16-9-6-4-5-7-18(9)10;;/h4-7,11H,8,14H2,1-3H3,(H,15,19);2*1H/t11-;;/m1../s1. The molecule has 3 N–H and O–H groups in total. The maximum Gasteiger partial charge on any atom is 0.237 e. The molecule has 0 aromatic carbocycles. The Morgan fingerprint density at radius 1 is 1.33 bits per heavy atom. The summed E-state index contributed by atoms with van der Waals surface area (Å²) < 4.78 is 1.84. The zero-order chi connectivity index (χ0) is 14.0. The van der Waals surface area contributed by atoms with Gasteiger partial charge in [-0.25, -0.2) is 0 Å². The molecule has 2 aromatic rings. The highest BCUT2D eigenvalue weighted by molar-refractivity contribution is 5.85. The van der Waals surface area contributed by atoms with Crippen molar-refractivity contribution >= 4 is 36.4 Å². The largest absolute Gasteiger partial charge is 0.347 e. The fourth-order valence-electron chi connectivity index (χ4n) is 1.68. The van der Waals surface area contributed by atoms with Gasteiger partial charge in [0.25, 0.3) is 0 Å². The van der Waals surface area contributed by atoms with Gasteiger partial charge in [-0.05, 0) is 17.5 Å². The van der Waals surface area contributed by atoms with E-state index in [1.807, 2.05) is 49.6 Å². The molecule has 0 spiro atoms. The van der Waals surface area contributed by atoms with Crippen LogP contribution in [0.25, 0.3) is 5.65 Å². The van der Waals surface area contributed by atoms with Gasteiger partial charge in [-0.2, -0.15) is 0 Å². The third-order valence-electron chi connectivity index (χ3n) is 3.02. The molecule has 0 bridgehead atoms. The minimum Gasteiger partial charge on any atom is -0.347 e. The molecule has 21 heavy (non-hydrogen) atoms. The first-order valence-corrected chi connectivity index (χ1v) is 6.21. The molecule has 2 aromatic heterocycles. The smallest absolute Gasteiger partial charge is 0.237 e. The van der Waals surface area contributed by atoms with Crippen molar-refractivity contribution in [1.29, 1.82) is 0 Å². The third-order valence-corrected chi connectivity index (χ3v) is 3.02. The Labute approximate surface area is 136 Å². The van der Waals surface area contributed by atoms with E-state index in [0.717, 1.165) is 5.65 Å². The number of rotatable bonds is 3. The average molecular weight is 334 g/mol. The van der Waals surface area contributed by atoms with Gasteiger partial charge in [0, 0.05) is 6.20 Å². The molecule has 0 saturated carbocycles. The van der Waals surface area contributed by atoms with Crippen LogP contribution in [0.15, 0.2) is 24.4 Å².